The van der Waals surface area contributed by atoms with E-state index in [1.54, 1.807) is 30.7 Å². The number of carboxylic acids is 1. The lowest BCUT2D eigenvalue weighted by molar-refractivity contribution is -0.232. The molecule has 5 aliphatic carbocycles. The number of ketones is 1. The van der Waals surface area contributed by atoms with E-state index in [1.165, 1.54) is 17.7 Å². The fraction of sp³-hybridized carbons (Fsp3) is 0.702. The number of aromatic nitrogens is 2. The van der Waals surface area contributed by atoms with E-state index in [2.05, 4.69) is 48.5 Å². The number of allylic oxidation sites excluding steroid dienone is 2. The van der Waals surface area contributed by atoms with Crippen LogP contribution in [0.4, 0.5) is 4.39 Å². The molecule has 0 saturated heterocycles. The van der Waals surface area contributed by atoms with E-state index >= 15 is 0 Å². The Morgan fingerprint density at radius 2 is 1.61 bits per heavy atom. The summed E-state index contributed by atoms with van der Waals surface area (Å²) in [4.78, 5) is 53.8. The van der Waals surface area contributed by atoms with Crippen LogP contribution in [-0.2, 0) is 31.1 Å². The van der Waals surface area contributed by atoms with E-state index < -0.39 is 22.8 Å². The van der Waals surface area contributed by atoms with Crippen molar-refractivity contribution in [1.29, 1.82) is 0 Å². The Labute approximate surface area is 338 Å². The van der Waals surface area contributed by atoms with Gasteiger partial charge in [0.1, 0.15) is 11.9 Å². The minimum absolute atomic E-state index is 0.00752. The fourth-order valence-corrected chi connectivity index (χ4v) is 14.2. The lowest BCUT2D eigenvalue weighted by Crippen LogP contribution is -2.66. The first-order chi connectivity index (χ1) is 26.5. The van der Waals surface area contributed by atoms with Crippen molar-refractivity contribution in [2.45, 2.75) is 152 Å². The molecule has 7 rings (SSSR count). The van der Waals surface area contributed by atoms with Gasteiger partial charge in [0, 0.05) is 29.4 Å². The number of benzene rings is 1. The highest BCUT2D eigenvalue weighted by molar-refractivity contribution is 6.02. The second kappa shape index (κ2) is 13.8. The highest BCUT2D eigenvalue weighted by atomic mass is 19.1. The number of esters is 1. The molecule has 2 aromatic rings. The molecule has 0 bridgehead atoms. The Bertz CT molecular complexity index is 2080. The predicted octanol–water partition coefficient (Wildman–Crippen LogP) is 8.69. The molecule has 9 nitrogen and oxygen atoms in total. The molecule has 10 heteroatoms. The van der Waals surface area contributed by atoms with Gasteiger partial charge in [0.15, 0.2) is 5.78 Å². The summed E-state index contributed by atoms with van der Waals surface area (Å²) in [6.07, 6.45) is 7.30. The maximum atomic E-state index is 14.5. The molecule has 1 aromatic heterocycles. The smallest absolute Gasteiger partial charge is 0.309 e. The van der Waals surface area contributed by atoms with Gasteiger partial charge in [0.05, 0.1) is 29.8 Å². The molecule has 5 aliphatic rings. The summed E-state index contributed by atoms with van der Waals surface area (Å²) in [7, 11) is 0. The van der Waals surface area contributed by atoms with Gasteiger partial charge in [0.2, 0.25) is 0 Å². The number of nitrogens with two attached hydrogens (primary N) is 1. The van der Waals surface area contributed by atoms with Gasteiger partial charge >= 0.3 is 11.9 Å². The molecule has 0 radical (unpaired) electrons. The average Bonchev–Trinajstić information content (AvgIpc) is 3.56. The highest BCUT2D eigenvalue weighted by Gasteiger charge is 2.71. The van der Waals surface area contributed by atoms with Crippen LogP contribution in [0, 0.1) is 63.5 Å². The molecule has 3 N–H and O–H groups in total. The van der Waals surface area contributed by atoms with Crippen LogP contribution < -0.4 is 11.3 Å². The normalized spacial score (nSPS) is 34.7. The van der Waals surface area contributed by atoms with E-state index in [-0.39, 0.29) is 63.2 Å². The molecule has 1 heterocycles. The van der Waals surface area contributed by atoms with E-state index in [4.69, 9.17) is 10.5 Å². The Morgan fingerprint density at radius 3 is 2.23 bits per heavy atom. The monoisotopic (exact) mass is 787 g/mol. The van der Waals surface area contributed by atoms with Crippen molar-refractivity contribution in [3.63, 3.8) is 0 Å². The van der Waals surface area contributed by atoms with Gasteiger partial charge in [-0.25, -0.2) is 9.07 Å². The number of carboxylic acid groups (broad SMARTS) is 1. The molecule has 0 unspecified atom stereocenters. The molecule has 312 valence electrons. The van der Waals surface area contributed by atoms with Gasteiger partial charge in [-0.15, -0.1) is 0 Å². The third-order valence-corrected chi connectivity index (χ3v) is 17.0. The Balaban J connectivity index is 1.28. The number of hydrogen-bond donors (Lipinski definition) is 2. The van der Waals surface area contributed by atoms with Crippen LogP contribution in [0.25, 0.3) is 5.69 Å². The third kappa shape index (κ3) is 5.90. The van der Waals surface area contributed by atoms with E-state index in [0.717, 1.165) is 62.6 Å². The van der Waals surface area contributed by atoms with Crippen molar-refractivity contribution >= 4 is 17.7 Å². The number of Topliss-reactive ketones (excluding diaryl/α,β-unsaturated/α-hetero) is 1. The second-order valence-electron chi connectivity index (χ2n) is 21.0. The summed E-state index contributed by atoms with van der Waals surface area (Å²) in [5.74, 6) is -0.688. The van der Waals surface area contributed by atoms with Crippen molar-refractivity contribution in [3.05, 3.63) is 62.8 Å². The number of aliphatic carboxylic acids is 1. The molecular formula is C47H66FN3O6. The summed E-state index contributed by atoms with van der Waals surface area (Å²) >= 11 is 0. The van der Waals surface area contributed by atoms with Crippen molar-refractivity contribution < 1.29 is 28.6 Å². The summed E-state index contributed by atoms with van der Waals surface area (Å²) in [6.45, 7) is 22.1. The molecule has 4 saturated carbocycles. The topological polar surface area (TPSA) is 134 Å². The lowest BCUT2D eigenvalue weighted by Gasteiger charge is -2.72. The minimum atomic E-state index is -1.19. The maximum absolute atomic E-state index is 14.5. The van der Waals surface area contributed by atoms with Crippen LogP contribution in [0.3, 0.4) is 0 Å². The summed E-state index contributed by atoms with van der Waals surface area (Å²) in [5, 5.41) is 9.65. The van der Waals surface area contributed by atoms with Gasteiger partial charge < -0.3 is 15.6 Å². The summed E-state index contributed by atoms with van der Waals surface area (Å²) < 4.78 is 24.0. The standard InChI is InChI=1S/C47H66FN3O6/c1-27(2)37-32(52)25-47(39-28(3)40(54)51(50(39)24-23-49)30-13-11-29(48)12-14-30)22-21-45(9)31(38(37)47)15-16-34-44(8)19-18-35(57-36(53)26-42(4,5)41(55)56)43(6,7)33(44)17-20-46(34,45)10/h11-14,27,31,33-35H,15-26,49H2,1-10H3,(H,55,56)/t31-,33+,34-,35+,44+,45-,46-,47-/m1/s1. The molecule has 57 heavy (non-hydrogen) atoms. The summed E-state index contributed by atoms with van der Waals surface area (Å²) in [5.41, 5.74) is 8.20. The van der Waals surface area contributed by atoms with Crippen LogP contribution in [0.5, 0.6) is 0 Å². The van der Waals surface area contributed by atoms with E-state index in [9.17, 15) is 28.7 Å². The first kappa shape index (κ1) is 41.6. The third-order valence-electron chi connectivity index (χ3n) is 17.0. The van der Waals surface area contributed by atoms with Crippen LogP contribution in [-0.4, -0.2) is 44.8 Å². The Kier molecular flexibility index (Phi) is 10.1. The number of ether oxygens (including phenoxy) is 1. The van der Waals surface area contributed by atoms with Crippen LogP contribution in [0.1, 0.15) is 138 Å². The van der Waals surface area contributed by atoms with Crippen LogP contribution in [0.15, 0.2) is 40.2 Å². The predicted molar refractivity (Wildman–Crippen MR) is 218 cm³/mol. The van der Waals surface area contributed by atoms with E-state index in [1.807, 2.05) is 11.6 Å². The van der Waals surface area contributed by atoms with Crippen molar-refractivity contribution in [2.75, 3.05) is 6.54 Å². The lowest BCUT2D eigenvalue weighted by atomic mass is 9.33. The molecule has 0 spiro atoms. The van der Waals surface area contributed by atoms with Gasteiger partial charge in [-0.05, 0) is 147 Å². The molecule has 1 aromatic carbocycles. The number of fused-ring (bicyclic) bond motifs is 7. The second-order valence-corrected chi connectivity index (χ2v) is 21.0. The van der Waals surface area contributed by atoms with Crippen molar-refractivity contribution in [2.24, 2.45) is 56.5 Å². The van der Waals surface area contributed by atoms with E-state index in [0.29, 0.717) is 42.6 Å². The van der Waals surface area contributed by atoms with Gasteiger partial charge in [-0.1, -0.05) is 48.5 Å². The maximum Gasteiger partial charge on any atom is 0.309 e. The Hall–Kier alpha value is -3.53. The number of carbonyl (C=O) groups is 3. The van der Waals surface area contributed by atoms with Gasteiger partial charge in [-0.2, -0.15) is 0 Å². The zero-order valence-electron chi connectivity index (χ0n) is 36.0. The quantitative estimate of drug-likeness (QED) is 0.243. The SMILES string of the molecule is Cc1c([C@@]23CC[C@]4(C)[C@H](CC[C@@H]5[C@@]6(C)CC[C@H](OC(=O)CC(C)(C)C(=O)O)C(C)(C)[C@@H]6CC[C@]54C)C2=C(C(C)C)C(=O)C3)n(CCN)n(-c2ccc(F)cc2)c1=O. The van der Waals surface area contributed by atoms with Crippen LogP contribution in [0.2, 0.25) is 0 Å². The summed E-state index contributed by atoms with van der Waals surface area (Å²) in [6, 6.07) is 6.02. The number of halogens is 1. The van der Waals surface area contributed by atoms with Crippen molar-refractivity contribution in [1.82, 2.24) is 9.36 Å². The molecular weight excluding hydrogens is 722 g/mol. The van der Waals surface area contributed by atoms with Crippen molar-refractivity contribution in [3.8, 4) is 5.69 Å². The number of carbonyl (C=O) groups excluding carboxylic acids is 2. The first-order valence-corrected chi connectivity index (χ1v) is 21.5. The largest absolute Gasteiger partial charge is 0.481 e. The van der Waals surface area contributed by atoms with Gasteiger partial charge in [0.25, 0.3) is 5.56 Å². The molecule has 4 fully saturated rings. The highest BCUT2D eigenvalue weighted by Crippen LogP contribution is 2.77. The number of hydrogen-bond acceptors (Lipinski definition) is 6. The first-order valence-electron chi connectivity index (χ1n) is 21.5. The zero-order chi connectivity index (χ0) is 41.8. The molecule has 0 aliphatic heterocycles. The number of nitrogens with zero attached hydrogens (tertiary/aromatic N) is 2. The number of rotatable bonds is 9. The average molecular weight is 788 g/mol. The van der Waals surface area contributed by atoms with Crippen LogP contribution >= 0.6 is 0 Å². The zero-order valence-corrected chi connectivity index (χ0v) is 36.0. The molecule has 0 amide bonds. The minimum Gasteiger partial charge on any atom is -0.481 e. The van der Waals surface area contributed by atoms with Gasteiger partial charge in [-0.3, -0.25) is 23.9 Å². The Morgan fingerprint density at radius 1 is 0.947 bits per heavy atom. The fourth-order valence-electron chi connectivity index (χ4n) is 14.2. The molecule has 8 atom stereocenters.